The minimum absolute atomic E-state index is 0.0176. The number of anilines is 1. The average molecular weight is 519 g/mol. The predicted octanol–water partition coefficient (Wildman–Crippen LogP) is 4.43. The van der Waals surface area contributed by atoms with Crippen molar-refractivity contribution in [3.63, 3.8) is 0 Å². The number of likely N-dealkylation sites (tertiary alicyclic amines) is 1. The van der Waals surface area contributed by atoms with Crippen LogP contribution >= 0.6 is 0 Å². The Kier molecular flexibility index (Phi) is 8.44. The van der Waals surface area contributed by atoms with Gasteiger partial charge in [-0.2, -0.15) is 0 Å². The number of hydrogen-bond donors (Lipinski definition) is 1. The molecule has 3 amide bonds. The van der Waals surface area contributed by atoms with E-state index in [-0.39, 0.29) is 29.7 Å². The Morgan fingerprint density at radius 1 is 0.974 bits per heavy atom. The van der Waals surface area contributed by atoms with Crippen molar-refractivity contribution in [1.29, 1.82) is 0 Å². The molecule has 1 N–H and O–H groups in total. The van der Waals surface area contributed by atoms with Gasteiger partial charge in [-0.1, -0.05) is 76.2 Å². The van der Waals surface area contributed by atoms with Crippen molar-refractivity contribution in [2.24, 2.45) is 11.3 Å². The average Bonchev–Trinajstić information content (AvgIpc) is 3.14. The van der Waals surface area contributed by atoms with Crippen molar-refractivity contribution in [2.45, 2.75) is 65.5 Å². The molecule has 0 aromatic heterocycles. The van der Waals surface area contributed by atoms with Gasteiger partial charge in [0, 0.05) is 31.7 Å². The van der Waals surface area contributed by atoms with Crippen molar-refractivity contribution in [2.75, 3.05) is 31.2 Å². The number of nitrogens with one attached hydrogen (secondary N) is 1. The van der Waals surface area contributed by atoms with Gasteiger partial charge in [0.05, 0.1) is 6.67 Å². The number of carbonyl (C=O) groups excluding carboxylic acids is 3. The lowest BCUT2D eigenvalue weighted by molar-refractivity contribution is -0.140. The molecule has 2 heterocycles. The first kappa shape index (κ1) is 27.7. The van der Waals surface area contributed by atoms with Crippen LogP contribution in [0.3, 0.4) is 0 Å². The SMILES string of the molecule is C[C@@H](CC(=O)N1CCC2(CC1)C(=O)N(CC(=O)NCc1ccccc1)CN2c1ccccc1)CC(C)(C)C. The smallest absolute Gasteiger partial charge is 0.250 e. The van der Waals surface area contributed by atoms with Crippen molar-refractivity contribution in [3.05, 3.63) is 66.2 Å². The van der Waals surface area contributed by atoms with Gasteiger partial charge in [0.15, 0.2) is 0 Å². The molecule has 1 atom stereocenters. The summed E-state index contributed by atoms with van der Waals surface area (Å²) in [6.07, 6.45) is 2.65. The van der Waals surface area contributed by atoms with E-state index >= 15 is 0 Å². The second kappa shape index (κ2) is 11.6. The number of hydrogen-bond acceptors (Lipinski definition) is 4. The van der Waals surface area contributed by atoms with Crippen molar-refractivity contribution >= 4 is 23.4 Å². The topological polar surface area (TPSA) is 73.0 Å². The third-order valence-electron chi connectivity index (χ3n) is 7.68. The highest BCUT2D eigenvalue weighted by Crippen LogP contribution is 2.39. The zero-order valence-electron chi connectivity index (χ0n) is 23.3. The minimum Gasteiger partial charge on any atom is -0.350 e. The summed E-state index contributed by atoms with van der Waals surface area (Å²) in [5, 5.41) is 2.94. The van der Waals surface area contributed by atoms with Gasteiger partial charge in [-0.15, -0.1) is 0 Å². The van der Waals surface area contributed by atoms with Crippen LogP contribution in [0.1, 0.15) is 58.9 Å². The van der Waals surface area contributed by atoms with Crippen LogP contribution < -0.4 is 10.2 Å². The van der Waals surface area contributed by atoms with Crippen molar-refractivity contribution in [1.82, 2.24) is 15.1 Å². The Morgan fingerprint density at radius 3 is 2.18 bits per heavy atom. The van der Waals surface area contributed by atoms with E-state index in [0.29, 0.717) is 51.5 Å². The molecular formula is C31H42N4O3. The molecule has 0 unspecified atom stereocenters. The van der Waals surface area contributed by atoms with Gasteiger partial charge in [0.2, 0.25) is 11.8 Å². The van der Waals surface area contributed by atoms with E-state index in [1.54, 1.807) is 4.90 Å². The summed E-state index contributed by atoms with van der Waals surface area (Å²) in [5.41, 5.74) is 1.43. The first-order chi connectivity index (χ1) is 18.1. The van der Waals surface area contributed by atoms with Crippen molar-refractivity contribution < 1.29 is 14.4 Å². The van der Waals surface area contributed by atoms with E-state index in [2.05, 4.69) is 37.9 Å². The standard InChI is InChI=1S/C31H42N4O3/c1-24(20-30(2,3)4)19-28(37)33-17-15-31(16-18-33)29(38)34(23-35(31)26-13-9-6-10-14-26)22-27(36)32-21-25-11-7-5-8-12-25/h5-14,24H,15-23H2,1-4H3,(H,32,36)/t24-/m0/s1. The number of benzene rings is 2. The molecule has 38 heavy (non-hydrogen) atoms. The highest BCUT2D eigenvalue weighted by Gasteiger charge is 2.54. The van der Waals surface area contributed by atoms with Gasteiger partial charge in [-0.3, -0.25) is 14.4 Å². The van der Waals surface area contributed by atoms with Gasteiger partial charge >= 0.3 is 0 Å². The van der Waals surface area contributed by atoms with Crippen LogP contribution in [0.15, 0.2) is 60.7 Å². The maximum absolute atomic E-state index is 13.9. The van der Waals surface area contributed by atoms with E-state index in [1.807, 2.05) is 65.6 Å². The first-order valence-electron chi connectivity index (χ1n) is 13.8. The Hall–Kier alpha value is -3.35. The maximum atomic E-state index is 13.9. The third-order valence-corrected chi connectivity index (χ3v) is 7.68. The van der Waals surface area contributed by atoms with Crippen LogP contribution in [0.4, 0.5) is 5.69 Å². The summed E-state index contributed by atoms with van der Waals surface area (Å²) in [7, 11) is 0. The lowest BCUT2D eigenvalue weighted by Crippen LogP contribution is -2.57. The summed E-state index contributed by atoms with van der Waals surface area (Å²) in [6, 6.07) is 19.7. The van der Waals surface area contributed by atoms with E-state index in [1.165, 1.54) is 0 Å². The fourth-order valence-corrected chi connectivity index (χ4v) is 6.02. The molecule has 2 aromatic rings. The minimum atomic E-state index is -0.741. The van der Waals surface area contributed by atoms with Crippen molar-refractivity contribution in [3.8, 4) is 0 Å². The lowest BCUT2D eigenvalue weighted by Gasteiger charge is -2.43. The Labute approximate surface area is 227 Å². The second-order valence-corrected chi connectivity index (χ2v) is 12.2. The molecule has 0 aliphatic carbocycles. The molecule has 0 radical (unpaired) electrons. The number of carbonyl (C=O) groups is 3. The van der Waals surface area contributed by atoms with Gasteiger partial charge in [-0.05, 0) is 48.3 Å². The van der Waals surface area contributed by atoms with E-state index in [0.717, 1.165) is 17.7 Å². The number of rotatable bonds is 8. The van der Waals surface area contributed by atoms with Gasteiger partial charge in [-0.25, -0.2) is 0 Å². The number of amides is 3. The Bertz CT molecular complexity index is 1100. The highest BCUT2D eigenvalue weighted by molar-refractivity contribution is 5.96. The van der Waals surface area contributed by atoms with Gasteiger partial charge in [0.25, 0.3) is 5.91 Å². The van der Waals surface area contributed by atoms with Crippen LogP contribution in [-0.2, 0) is 20.9 Å². The normalized spacial score (nSPS) is 18.1. The summed E-state index contributed by atoms with van der Waals surface area (Å²) in [6.45, 7) is 10.7. The molecule has 0 bridgehead atoms. The molecule has 2 aliphatic heterocycles. The first-order valence-corrected chi connectivity index (χ1v) is 13.8. The summed E-state index contributed by atoms with van der Waals surface area (Å²) >= 11 is 0. The molecule has 2 fully saturated rings. The van der Waals surface area contributed by atoms with Gasteiger partial charge in [0.1, 0.15) is 12.1 Å². The molecule has 204 valence electrons. The molecule has 7 heteroatoms. The molecule has 4 rings (SSSR count). The Balaban J connectivity index is 1.43. The molecule has 2 saturated heterocycles. The largest absolute Gasteiger partial charge is 0.350 e. The lowest BCUT2D eigenvalue weighted by atomic mass is 9.83. The molecule has 0 saturated carbocycles. The molecule has 7 nitrogen and oxygen atoms in total. The Morgan fingerprint density at radius 2 is 1.58 bits per heavy atom. The monoisotopic (exact) mass is 518 g/mol. The second-order valence-electron chi connectivity index (χ2n) is 12.2. The van der Waals surface area contributed by atoms with E-state index in [4.69, 9.17) is 0 Å². The molecule has 1 spiro atoms. The van der Waals surface area contributed by atoms with Crippen LogP contribution in [-0.4, -0.2) is 59.4 Å². The third kappa shape index (κ3) is 6.55. The van der Waals surface area contributed by atoms with E-state index in [9.17, 15) is 14.4 Å². The summed E-state index contributed by atoms with van der Waals surface area (Å²) < 4.78 is 0. The van der Waals surface area contributed by atoms with E-state index < -0.39 is 5.54 Å². The predicted molar refractivity (Wildman–Crippen MR) is 150 cm³/mol. The molecule has 2 aliphatic rings. The summed E-state index contributed by atoms with van der Waals surface area (Å²) in [4.78, 5) is 45.5. The van der Waals surface area contributed by atoms with Crippen LogP contribution in [0.25, 0.3) is 0 Å². The fraction of sp³-hybridized carbons (Fsp3) is 0.516. The molecular weight excluding hydrogens is 476 g/mol. The summed E-state index contributed by atoms with van der Waals surface area (Å²) in [5.74, 6) is 0.291. The molecule has 2 aromatic carbocycles. The fourth-order valence-electron chi connectivity index (χ4n) is 6.02. The number of nitrogens with zero attached hydrogens (tertiary/aromatic N) is 3. The zero-order valence-corrected chi connectivity index (χ0v) is 23.3. The van der Waals surface area contributed by atoms with Crippen LogP contribution in [0.2, 0.25) is 0 Å². The van der Waals surface area contributed by atoms with Gasteiger partial charge < -0.3 is 20.0 Å². The number of para-hydroxylation sites is 1. The number of piperidine rings is 1. The quantitative estimate of drug-likeness (QED) is 0.561. The van der Waals surface area contributed by atoms with Crippen LogP contribution in [0.5, 0.6) is 0 Å². The maximum Gasteiger partial charge on any atom is 0.250 e. The zero-order chi connectivity index (χ0) is 27.3. The van der Waals surface area contributed by atoms with Crippen LogP contribution in [0, 0.1) is 11.3 Å². The highest BCUT2D eigenvalue weighted by atomic mass is 16.2.